The van der Waals surface area contributed by atoms with Gasteiger partial charge in [0.15, 0.2) is 0 Å². The van der Waals surface area contributed by atoms with Gasteiger partial charge in [-0.2, -0.15) is 0 Å². The lowest BCUT2D eigenvalue weighted by Gasteiger charge is -2.20. The highest BCUT2D eigenvalue weighted by molar-refractivity contribution is 7.92. The van der Waals surface area contributed by atoms with E-state index in [1.807, 2.05) is 0 Å². The van der Waals surface area contributed by atoms with Crippen molar-refractivity contribution >= 4 is 38.9 Å². The second-order valence-corrected chi connectivity index (χ2v) is 9.16. The number of nitrogens with zero attached hydrogens (tertiary/aromatic N) is 1. The van der Waals surface area contributed by atoms with Crippen LogP contribution in [-0.4, -0.2) is 33.9 Å². The molecule has 0 saturated carbocycles. The van der Waals surface area contributed by atoms with E-state index in [-0.39, 0.29) is 16.4 Å². The lowest BCUT2D eigenvalue weighted by molar-refractivity contribution is -0.117. The number of ether oxygens (including phenoxy) is 1. The molecule has 0 atom stereocenters. The second-order valence-electron chi connectivity index (χ2n) is 7.48. The summed E-state index contributed by atoms with van der Waals surface area (Å²) in [6.45, 7) is 0.594. The highest BCUT2D eigenvalue weighted by atomic mass is 32.2. The van der Waals surface area contributed by atoms with E-state index in [1.165, 1.54) is 31.4 Å². The lowest BCUT2D eigenvalue weighted by Crippen LogP contribution is -2.25. The second kappa shape index (κ2) is 9.33. The van der Waals surface area contributed by atoms with Crippen LogP contribution in [0, 0.1) is 0 Å². The fourth-order valence-electron chi connectivity index (χ4n) is 3.59. The molecule has 33 heavy (non-hydrogen) atoms. The number of anilines is 3. The molecule has 1 fully saturated rings. The first kappa shape index (κ1) is 22.3. The number of rotatable bonds is 7. The summed E-state index contributed by atoms with van der Waals surface area (Å²) >= 11 is 0. The molecule has 3 aromatic rings. The van der Waals surface area contributed by atoms with Crippen molar-refractivity contribution in [3.05, 3.63) is 78.4 Å². The Balaban J connectivity index is 1.54. The molecule has 170 valence electrons. The van der Waals surface area contributed by atoms with Crippen molar-refractivity contribution < 1.29 is 22.7 Å². The first-order valence-electron chi connectivity index (χ1n) is 10.3. The van der Waals surface area contributed by atoms with Gasteiger partial charge in [-0.25, -0.2) is 8.42 Å². The summed E-state index contributed by atoms with van der Waals surface area (Å²) in [7, 11) is -2.39. The van der Waals surface area contributed by atoms with Gasteiger partial charge >= 0.3 is 0 Å². The highest BCUT2D eigenvalue weighted by Crippen LogP contribution is 2.30. The number of amides is 2. The fourth-order valence-corrected chi connectivity index (χ4v) is 4.69. The van der Waals surface area contributed by atoms with Gasteiger partial charge < -0.3 is 15.0 Å². The first-order chi connectivity index (χ1) is 15.9. The van der Waals surface area contributed by atoms with Gasteiger partial charge in [0.1, 0.15) is 5.75 Å². The summed E-state index contributed by atoms with van der Waals surface area (Å²) in [6.07, 6.45) is 1.24. The third-order valence-corrected chi connectivity index (χ3v) is 6.64. The van der Waals surface area contributed by atoms with Crippen LogP contribution < -0.4 is 19.7 Å². The third kappa shape index (κ3) is 4.98. The minimum Gasteiger partial charge on any atom is -0.497 e. The summed E-state index contributed by atoms with van der Waals surface area (Å²) in [5.41, 5.74) is 1.66. The molecule has 0 unspecified atom stereocenters. The van der Waals surface area contributed by atoms with Crippen LogP contribution in [0.2, 0.25) is 0 Å². The molecule has 9 heteroatoms. The Morgan fingerprint density at radius 3 is 2.45 bits per heavy atom. The Labute approximate surface area is 192 Å². The van der Waals surface area contributed by atoms with Crippen LogP contribution in [0.15, 0.2) is 77.7 Å². The molecular formula is C24H23N3O5S. The van der Waals surface area contributed by atoms with E-state index in [0.29, 0.717) is 35.8 Å². The van der Waals surface area contributed by atoms with Crippen molar-refractivity contribution in [1.29, 1.82) is 0 Å². The number of benzene rings is 3. The maximum Gasteiger partial charge on any atom is 0.261 e. The Morgan fingerprint density at radius 1 is 1.00 bits per heavy atom. The highest BCUT2D eigenvalue weighted by Gasteiger charge is 2.24. The van der Waals surface area contributed by atoms with E-state index in [4.69, 9.17) is 4.74 Å². The molecule has 2 amide bonds. The Kier molecular flexibility index (Phi) is 6.32. The van der Waals surface area contributed by atoms with Crippen LogP contribution in [0.1, 0.15) is 23.2 Å². The van der Waals surface area contributed by atoms with Crippen LogP contribution in [0.25, 0.3) is 0 Å². The number of carbonyl (C=O) groups excluding carboxylic acids is 2. The van der Waals surface area contributed by atoms with Crippen LogP contribution in [0.4, 0.5) is 17.1 Å². The summed E-state index contributed by atoms with van der Waals surface area (Å²) in [5.74, 6) is 0.137. The topological polar surface area (TPSA) is 105 Å². The molecule has 0 aliphatic carbocycles. The van der Waals surface area contributed by atoms with Gasteiger partial charge in [-0.15, -0.1) is 0 Å². The molecule has 0 bridgehead atoms. The van der Waals surface area contributed by atoms with Crippen molar-refractivity contribution in [2.24, 2.45) is 0 Å². The maximum absolute atomic E-state index is 12.9. The number of hydrogen-bond donors (Lipinski definition) is 2. The number of nitrogens with one attached hydrogen (secondary N) is 2. The predicted molar refractivity (Wildman–Crippen MR) is 126 cm³/mol. The quantitative estimate of drug-likeness (QED) is 0.551. The number of para-hydroxylation sites is 2. The molecule has 0 spiro atoms. The number of sulfonamides is 1. The normalized spacial score (nSPS) is 13.6. The van der Waals surface area contributed by atoms with E-state index < -0.39 is 15.9 Å². The summed E-state index contributed by atoms with van der Waals surface area (Å²) in [6, 6.07) is 19.3. The molecule has 1 aliphatic heterocycles. The van der Waals surface area contributed by atoms with Crippen LogP contribution in [0.3, 0.4) is 0 Å². The van der Waals surface area contributed by atoms with Crippen molar-refractivity contribution in [3.8, 4) is 5.75 Å². The molecule has 4 rings (SSSR count). The third-order valence-electron chi connectivity index (χ3n) is 5.27. The molecule has 0 radical (unpaired) electrons. The van der Waals surface area contributed by atoms with Gasteiger partial charge in [0.05, 0.1) is 23.4 Å². The maximum atomic E-state index is 12.9. The van der Waals surface area contributed by atoms with E-state index >= 15 is 0 Å². The van der Waals surface area contributed by atoms with Crippen molar-refractivity contribution in [3.63, 3.8) is 0 Å². The van der Waals surface area contributed by atoms with Gasteiger partial charge in [0.25, 0.3) is 15.9 Å². The lowest BCUT2D eigenvalue weighted by atomic mass is 10.2. The minimum atomic E-state index is -3.91. The van der Waals surface area contributed by atoms with Gasteiger partial charge in [-0.3, -0.25) is 14.3 Å². The van der Waals surface area contributed by atoms with E-state index in [1.54, 1.807) is 53.4 Å². The van der Waals surface area contributed by atoms with E-state index in [9.17, 15) is 18.0 Å². The Morgan fingerprint density at radius 2 is 1.76 bits per heavy atom. The smallest absolute Gasteiger partial charge is 0.261 e. The summed E-state index contributed by atoms with van der Waals surface area (Å²) < 4.78 is 33.2. The average molecular weight is 466 g/mol. The average Bonchev–Trinajstić information content (AvgIpc) is 3.25. The van der Waals surface area contributed by atoms with Crippen molar-refractivity contribution in [2.45, 2.75) is 17.7 Å². The minimum absolute atomic E-state index is 0.00870. The van der Waals surface area contributed by atoms with Gasteiger partial charge in [0, 0.05) is 24.2 Å². The standard InChI is InChI=1S/C24H23N3O5S/c1-32-19-13-11-18(12-14-19)26-33(30,31)20-7-4-6-17(16-20)24(29)25-21-8-2-3-9-22(21)27-15-5-10-23(27)28/h2-4,6-9,11-14,16,26H,5,10,15H2,1H3,(H,25,29). The molecular weight excluding hydrogens is 442 g/mol. The largest absolute Gasteiger partial charge is 0.497 e. The number of carbonyl (C=O) groups is 2. The zero-order valence-corrected chi connectivity index (χ0v) is 18.8. The van der Waals surface area contributed by atoms with E-state index in [0.717, 1.165) is 6.42 Å². The Bertz CT molecular complexity index is 1290. The molecule has 1 heterocycles. The molecule has 0 aromatic heterocycles. The molecule has 3 aromatic carbocycles. The number of methoxy groups -OCH3 is 1. The summed E-state index contributed by atoms with van der Waals surface area (Å²) in [5, 5.41) is 2.80. The SMILES string of the molecule is COc1ccc(NS(=O)(=O)c2cccc(C(=O)Nc3ccccc3N3CCCC3=O)c2)cc1. The molecule has 1 aliphatic rings. The Hall–Kier alpha value is -3.85. The molecule has 1 saturated heterocycles. The van der Waals surface area contributed by atoms with E-state index in [2.05, 4.69) is 10.0 Å². The van der Waals surface area contributed by atoms with Gasteiger partial charge in [-0.1, -0.05) is 18.2 Å². The first-order valence-corrected chi connectivity index (χ1v) is 11.8. The van der Waals surface area contributed by atoms with Crippen LogP contribution >= 0.6 is 0 Å². The molecule has 8 nitrogen and oxygen atoms in total. The molecule has 2 N–H and O–H groups in total. The van der Waals surface area contributed by atoms with Crippen LogP contribution in [-0.2, 0) is 14.8 Å². The monoisotopic (exact) mass is 465 g/mol. The number of hydrogen-bond acceptors (Lipinski definition) is 5. The van der Waals surface area contributed by atoms with Gasteiger partial charge in [0.2, 0.25) is 5.91 Å². The van der Waals surface area contributed by atoms with Crippen molar-refractivity contribution in [1.82, 2.24) is 0 Å². The van der Waals surface area contributed by atoms with Gasteiger partial charge in [-0.05, 0) is 61.0 Å². The zero-order chi connectivity index (χ0) is 23.4. The van der Waals surface area contributed by atoms with Crippen LogP contribution in [0.5, 0.6) is 5.75 Å². The summed E-state index contributed by atoms with van der Waals surface area (Å²) in [4.78, 5) is 26.7. The predicted octanol–water partition coefficient (Wildman–Crippen LogP) is 3.88. The van der Waals surface area contributed by atoms with Crippen molar-refractivity contribution in [2.75, 3.05) is 28.6 Å². The fraction of sp³-hybridized carbons (Fsp3) is 0.167. The zero-order valence-electron chi connectivity index (χ0n) is 17.9.